The Labute approximate surface area is 240 Å². The zero-order valence-corrected chi connectivity index (χ0v) is 23.5. The smallest absolute Gasteiger partial charge is 0.391 e. The lowest BCUT2D eigenvalue weighted by atomic mass is 9.90. The number of nitrogens with one attached hydrogen (secondary N) is 1. The number of rotatable bonds is 9. The van der Waals surface area contributed by atoms with Crippen LogP contribution in [0.3, 0.4) is 0 Å². The molecule has 212 valence electrons. The summed E-state index contributed by atoms with van der Waals surface area (Å²) in [7, 11) is -2.77. The van der Waals surface area contributed by atoms with E-state index in [0.29, 0.717) is 31.7 Å². The van der Waals surface area contributed by atoms with Gasteiger partial charge in [0.15, 0.2) is 0 Å². The molecule has 1 unspecified atom stereocenters. The van der Waals surface area contributed by atoms with Gasteiger partial charge in [0.1, 0.15) is 0 Å². The van der Waals surface area contributed by atoms with E-state index >= 15 is 0 Å². The Hall–Kier alpha value is -3.60. The summed E-state index contributed by atoms with van der Waals surface area (Å²) in [4.78, 5) is 42.3. The average molecular weight is 574 g/mol. The van der Waals surface area contributed by atoms with Crippen molar-refractivity contribution in [2.24, 2.45) is 5.92 Å². The van der Waals surface area contributed by atoms with E-state index in [1.54, 1.807) is 0 Å². The Bertz CT molecular complexity index is 1460. The predicted octanol–water partition coefficient (Wildman–Crippen LogP) is 2.37. The summed E-state index contributed by atoms with van der Waals surface area (Å²) in [5.41, 5.74) is 3.87. The van der Waals surface area contributed by atoms with Crippen LogP contribution in [0.1, 0.15) is 33.9 Å². The van der Waals surface area contributed by atoms with E-state index in [-0.39, 0.29) is 17.6 Å². The number of benzene rings is 2. The summed E-state index contributed by atoms with van der Waals surface area (Å²) < 4.78 is 10.4. The van der Waals surface area contributed by atoms with E-state index < -0.39 is 14.2 Å². The second kappa shape index (κ2) is 13.8. The number of H-pyrrole nitrogens is 1. The zero-order valence-electron chi connectivity index (χ0n) is 22.6. The van der Waals surface area contributed by atoms with Gasteiger partial charge in [0.25, 0.3) is 5.56 Å². The Balaban J connectivity index is 1.29. The van der Waals surface area contributed by atoms with Gasteiger partial charge in [0, 0.05) is 62.7 Å². The van der Waals surface area contributed by atoms with E-state index in [9.17, 15) is 19.8 Å². The molecule has 11 heteroatoms. The first-order valence-corrected chi connectivity index (χ1v) is 14.7. The van der Waals surface area contributed by atoms with Crippen LogP contribution < -0.4 is 10.1 Å². The van der Waals surface area contributed by atoms with Gasteiger partial charge in [0.2, 0.25) is 5.75 Å². The fourth-order valence-corrected chi connectivity index (χ4v) is 5.42. The van der Waals surface area contributed by atoms with E-state index in [4.69, 9.17) is 9.26 Å². The molecule has 2 aliphatic heterocycles. The Morgan fingerprint density at radius 3 is 2.34 bits per heavy atom. The molecule has 0 bridgehead atoms. The molecular weight excluding hydrogens is 541 g/mol. The van der Waals surface area contributed by atoms with Crippen molar-refractivity contribution in [2.45, 2.75) is 18.9 Å². The molecule has 2 fully saturated rings. The Kier molecular flexibility index (Phi) is 9.76. The van der Waals surface area contributed by atoms with Gasteiger partial charge in [-0.05, 0) is 35.4 Å². The molecule has 0 saturated carbocycles. The number of ether oxygens (including phenoxy) is 1. The van der Waals surface area contributed by atoms with Crippen molar-refractivity contribution in [3.05, 3.63) is 93.2 Å². The molecule has 0 amide bonds. The number of nitrogens with zero attached hydrogens (tertiary/aromatic N) is 4. The monoisotopic (exact) mass is 573 g/mol. The van der Waals surface area contributed by atoms with Crippen molar-refractivity contribution < 1.29 is 19.0 Å². The summed E-state index contributed by atoms with van der Waals surface area (Å²) in [5.74, 6) is 6.24. The van der Waals surface area contributed by atoms with Crippen LogP contribution in [0, 0.1) is 29.1 Å². The normalized spacial score (nSPS) is 16.8. The number of hydrogen-bond acceptors (Lipinski definition) is 9. The molecule has 0 aliphatic carbocycles. The van der Waals surface area contributed by atoms with Crippen LogP contribution >= 0.6 is 8.60 Å². The molecule has 10 nitrogen and oxygen atoms in total. The highest BCUT2D eigenvalue weighted by Gasteiger charge is 2.30. The summed E-state index contributed by atoms with van der Waals surface area (Å²) in [5, 5.41) is 9.18. The van der Waals surface area contributed by atoms with Gasteiger partial charge in [-0.15, -0.1) is 0 Å². The Morgan fingerprint density at radius 2 is 1.71 bits per heavy atom. The summed E-state index contributed by atoms with van der Waals surface area (Å²) in [6.07, 6.45) is 1.62. The zero-order chi connectivity index (χ0) is 28.6. The third kappa shape index (κ3) is 8.00. The lowest BCUT2D eigenvalue weighted by Crippen LogP contribution is -2.47. The third-order valence-electron chi connectivity index (χ3n) is 7.31. The molecule has 1 aromatic heterocycles. The largest absolute Gasteiger partial charge is 0.419 e. The molecule has 2 aliphatic rings. The maximum Gasteiger partial charge on any atom is 0.391 e. The van der Waals surface area contributed by atoms with Crippen LogP contribution in [-0.2, 0) is 17.7 Å². The second-order valence-corrected chi connectivity index (χ2v) is 10.9. The molecule has 0 radical (unpaired) electrons. The SMILES string of the molecule is N#CC1CN(CC(Cc2nc[nH]c(=O)c2OP(O)O)c2ccc(C#Cc3ccc(CN4CCOCC4)cc3)cc2)C1. The number of likely N-dealkylation sites (tertiary alicyclic amines) is 1. The molecule has 2 aromatic carbocycles. The number of nitriles is 1. The van der Waals surface area contributed by atoms with E-state index in [1.165, 1.54) is 11.9 Å². The first-order chi connectivity index (χ1) is 20.0. The van der Waals surface area contributed by atoms with Crippen LogP contribution in [0.2, 0.25) is 0 Å². The fourth-order valence-electron chi connectivity index (χ4n) is 5.07. The number of hydrogen-bond donors (Lipinski definition) is 3. The predicted molar refractivity (Wildman–Crippen MR) is 154 cm³/mol. The first-order valence-electron chi connectivity index (χ1n) is 13.5. The van der Waals surface area contributed by atoms with Crippen LogP contribution in [0.5, 0.6) is 5.75 Å². The van der Waals surface area contributed by atoms with Crippen molar-refractivity contribution in [3.8, 4) is 23.7 Å². The topological polar surface area (TPSA) is 135 Å². The van der Waals surface area contributed by atoms with Crippen molar-refractivity contribution in [1.82, 2.24) is 19.8 Å². The minimum absolute atomic E-state index is 0.0191. The number of morpholine rings is 1. The average Bonchev–Trinajstić information content (AvgIpc) is 2.96. The van der Waals surface area contributed by atoms with Gasteiger partial charge in [-0.1, -0.05) is 36.1 Å². The van der Waals surface area contributed by atoms with Gasteiger partial charge in [-0.3, -0.25) is 9.69 Å². The van der Waals surface area contributed by atoms with Gasteiger partial charge in [-0.2, -0.15) is 5.26 Å². The van der Waals surface area contributed by atoms with E-state index in [2.05, 4.69) is 49.8 Å². The minimum atomic E-state index is -2.77. The molecule has 3 N–H and O–H groups in total. The van der Waals surface area contributed by atoms with Crippen LogP contribution in [-0.4, -0.2) is 75.5 Å². The van der Waals surface area contributed by atoms with Crippen LogP contribution in [0.15, 0.2) is 59.7 Å². The minimum Gasteiger partial charge on any atom is -0.419 e. The fraction of sp³-hybridized carbons (Fsp3) is 0.367. The standard InChI is InChI=1S/C30H32N5O5P/c31-16-25-18-35(19-25)20-27(15-28-29(40-41(37)38)30(36)33-21-32-28)26-9-7-23(8-10-26)2-1-22-3-5-24(6-4-22)17-34-11-13-39-14-12-34/h3-10,21,25,27,37-38H,11-15,17-20H2,(H,32,33,36). The van der Waals surface area contributed by atoms with Gasteiger partial charge >= 0.3 is 8.60 Å². The third-order valence-corrected chi connectivity index (χ3v) is 7.66. The van der Waals surface area contributed by atoms with Crippen molar-refractivity contribution in [2.75, 3.05) is 45.9 Å². The van der Waals surface area contributed by atoms with Crippen molar-refractivity contribution >= 4 is 8.60 Å². The molecule has 5 rings (SSSR count). The number of aromatic nitrogens is 2. The van der Waals surface area contributed by atoms with Gasteiger partial charge in [-0.25, -0.2) is 4.98 Å². The summed E-state index contributed by atoms with van der Waals surface area (Å²) >= 11 is 0. The highest BCUT2D eigenvalue weighted by atomic mass is 31.2. The van der Waals surface area contributed by atoms with E-state index in [0.717, 1.165) is 49.5 Å². The molecule has 2 saturated heterocycles. The Morgan fingerprint density at radius 1 is 1.05 bits per heavy atom. The first kappa shape index (κ1) is 28.9. The highest BCUT2D eigenvalue weighted by molar-refractivity contribution is 7.39. The molecule has 41 heavy (non-hydrogen) atoms. The molecule has 3 heterocycles. The van der Waals surface area contributed by atoms with Gasteiger partial charge in [0.05, 0.1) is 37.2 Å². The maximum absolute atomic E-state index is 12.3. The molecule has 1 atom stereocenters. The van der Waals surface area contributed by atoms with Gasteiger partial charge < -0.3 is 28.9 Å². The summed E-state index contributed by atoms with van der Waals surface area (Å²) in [6.45, 7) is 6.43. The quantitative estimate of drug-likeness (QED) is 0.261. The van der Waals surface area contributed by atoms with Crippen LogP contribution in [0.25, 0.3) is 0 Å². The number of aromatic amines is 1. The highest BCUT2D eigenvalue weighted by Crippen LogP contribution is 2.32. The summed E-state index contributed by atoms with van der Waals surface area (Å²) in [6, 6.07) is 18.6. The van der Waals surface area contributed by atoms with Crippen LogP contribution in [0.4, 0.5) is 0 Å². The van der Waals surface area contributed by atoms with E-state index in [1.807, 2.05) is 36.4 Å². The molecular formula is C30H32N5O5P. The van der Waals surface area contributed by atoms with Crippen molar-refractivity contribution in [3.63, 3.8) is 0 Å². The van der Waals surface area contributed by atoms with Crippen molar-refractivity contribution in [1.29, 1.82) is 5.26 Å². The molecule has 3 aromatic rings. The lowest BCUT2D eigenvalue weighted by molar-refractivity contribution is 0.0342. The second-order valence-electron chi connectivity index (χ2n) is 10.3. The molecule has 0 spiro atoms. The maximum atomic E-state index is 12.3. The lowest BCUT2D eigenvalue weighted by Gasteiger charge is -2.37.